The lowest BCUT2D eigenvalue weighted by atomic mass is 9.87. The molecule has 0 radical (unpaired) electrons. The van der Waals surface area contributed by atoms with Crippen LogP contribution >= 0.6 is 0 Å². The Kier molecular flexibility index (Phi) is 6.96. The molecule has 2 aliphatic rings. The number of ether oxygens (including phenoxy) is 1. The van der Waals surface area contributed by atoms with Crippen LogP contribution in [-0.2, 0) is 6.42 Å². The molecule has 3 heterocycles. The van der Waals surface area contributed by atoms with E-state index in [4.69, 9.17) is 4.74 Å². The molecule has 0 bridgehead atoms. The summed E-state index contributed by atoms with van der Waals surface area (Å²) in [5.41, 5.74) is -0.210. The van der Waals surface area contributed by atoms with Crippen molar-refractivity contribution in [1.82, 2.24) is 14.8 Å². The zero-order valence-corrected chi connectivity index (χ0v) is 21.3. The van der Waals surface area contributed by atoms with E-state index in [2.05, 4.69) is 4.98 Å². The first-order valence-electron chi connectivity index (χ1n) is 12.7. The van der Waals surface area contributed by atoms with Gasteiger partial charge in [-0.3, -0.25) is 14.2 Å². The number of fused-ring (bicyclic) bond motifs is 3. The molecule has 0 aliphatic carbocycles. The van der Waals surface area contributed by atoms with Crippen LogP contribution < -0.4 is 4.74 Å². The lowest BCUT2D eigenvalue weighted by Crippen LogP contribution is -2.49. The summed E-state index contributed by atoms with van der Waals surface area (Å²) in [4.78, 5) is 6.93. The number of alkyl halides is 2. The van der Waals surface area contributed by atoms with Crippen molar-refractivity contribution in [2.45, 2.75) is 44.9 Å². The molecule has 3 aromatic rings. The van der Waals surface area contributed by atoms with Crippen LogP contribution in [-0.4, -0.2) is 66.0 Å². The van der Waals surface area contributed by atoms with Crippen LogP contribution in [0.1, 0.15) is 43.6 Å². The van der Waals surface area contributed by atoms with E-state index in [1.165, 1.54) is 19.9 Å². The van der Waals surface area contributed by atoms with E-state index < -0.39 is 29.2 Å². The smallest absolute Gasteiger partial charge is 0.135 e. The fourth-order valence-corrected chi connectivity index (χ4v) is 5.72. The number of benzene rings is 2. The van der Waals surface area contributed by atoms with Gasteiger partial charge in [-0.1, -0.05) is 6.07 Å². The van der Waals surface area contributed by atoms with E-state index in [1.807, 2.05) is 11.8 Å². The normalized spacial score (nSPS) is 21.3. The molecule has 37 heavy (non-hydrogen) atoms. The summed E-state index contributed by atoms with van der Waals surface area (Å²) in [6.45, 7) is 6.34. The van der Waals surface area contributed by atoms with Crippen molar-refractivity contribution in [3.8, 4) is 5.75 Å². The minimum Gasteiger partial charge on any atom is -0.492 e. The first-order valence-corrected chi connectivity index (χ1v) is 12.7. The Morgan fingerprint density at radius 3 is 2.43 bits per heavy atom. The van der Waals surface area contributed by atoms with Crippen molar-refractivity contribution in [1.29, 1.82) is 0 Å². The molecule has 1 fully saturated rings. The Morgan fingerprint density at radius 1 is 1.08 bits per heavy atom. The summed E-state index contributed by atoms with van der Waals surface area (Å²) in [6.07, 6.45) is 0.410. The molecule has 5 rings (SSSR count). The molecule has 2 atom stereocenters. The molecular formula is C28H32F5N3O. The molecule has 2 aliphatic heterocycles. The van der Waals surface area contributed by atoms with Gasteiger partial charge in [0.15, 0.2) is 0 Å². The number of halogens is 5. The third-order valence-corrected chi connectivity index (χ3v) is 7.39. The summed E-state index contributed by atoms with van der Waals surface area (Å²) in [5, 5.41) is 0.398. The van der Waals surface area contributed by atoms with Crippen molar-refractivity contribution < 1.29 is 26.7 Å². The molecule has 0 unspecified atom stereocenters. The van der Waals surface area contributed by atoms with Gasteiger partial charge in [0.2, 0.25) is 0 Å². The summed E-state index contributed by atoms with van der Waals surface area (Å²) >= 11 is 0. The van der Waals surface area contributed by atoms with Gasteiger partial charge in [0.25, 0.3) is 0 Å². The van der Waals surface area contributed by atoms with Gasteiger partial charge in [-0.25, -0.2) is 17.6 Å². The molecule has 200 valence electrons. The average Bonchev–Trinajstić information content (AvgIpc) is 3.15. The summed E-state index contributed by atoms with van der Waals surface area (Å²) in [7, 11) is 0. The van der Waals surface area contributed by atoms with Gasteiger partial charge in [-0.2, -0.15) is 0 Å². The first kappa shape index (κ1) is 26.0. The molecule has 2 aromatic carbocycles. The maximum atomic E-state index is 15.6. The van der Waals surface area contributed by atoms with Crippen molar-refractivity contribution in [3.05, 3.63) is 64.6 Å². The highest BCUT2D eigenvalue weighted by molar-refractivity contribution is 5.86. The first-order chi connectivity index (χ1) is 17.6. The van der Waals surface area contributed by atoms with Gasteiger partial charge in [-0.05, 0) is 44.9 Å². The number of nitrogens with zero attached hydrogens (tertiary/aromatic N) is 2. The number of H-pyrrole nitrogens is 1. The van der Waals surface area contributed by atoms with Crippen molar-refractivity contribution in [2.24, 2.45) is 5.92 Å². The highest BCUT2D eigenvalue weighted by Gasteiger charge is 2.41. The van der Waals surface area contributed by atoms with Crippen LogP contribution in [0.15, 0.2) is 30.3 Å². The van der Waals surface area contributed by atoms with Crippen LogP contribution in [0.2, 0.25) is 0 Å². The Labute approximate surface area is 213 Å². The molecule has 1 N–H and O–H groups in total. The molecule has 9 heteroatoms. The molecule has 1 saturated heterocycles. The summed E-state index contributed by atoms with van der Waals surface area (Å²) in [6, 6.07) is 5.65. The van der Waals surface area contributed by atoms with Gasteiger partial charge in [0.05, 0.1) is 12.7 Å². The fourth-order valence-electron chi connectivity index (χ4n) is 5.72. The summed E-state index contributed by atoms with van der Waals surface area (Å²) in [5.74, 6) is -1.95. The number of aromatic nitrogens is 1. The number of aromatic amines is 1. The predicted octanol–water partition coefficient (Wildman–Crippen LogP) is 5.95. The van der Waals surface area contributed by atoms with Crippen molar-refractivity contribution in [3.63, 3.8) is 0 Å². The largest absolute Gasteiger partial charge is 0.492 e. The average molecular weight is 522 g/mol. The van der Waals surface area contributed by atoms with Crippen LogP contribution in [0.3, 0.4) is 0 Å². The number of hydrogen-bond acceptors (Lipinski definition) is 3. The zero-order valence-electron chi connectivity index (χ0n) is 21.3. The molecule has 4 nitrogen and oxygen atoms in total. The van der Waals surface area contributed by atoms with E-state index >= 15 is 8.78 Å². The molecule has 0 amide bonds. The van der Waals surface area contributed by atoms with Crippen molar-refractivity contribution >= 4 is 10.9 Å². The fraction of sp³-hybridized carbons (Fsp3) is 0.500. The van der Waals surface area contributed by atoms with Gasteiger partial charge in [0.1, 0.15) is 35.5 Å². The molecular weight excluding hydrogens is 489 g/mol. The Morgan fingerprint density at radius 2 is 1.78 bits per heavy atom. The highest BCUT2D eigenvalue weighted by atomic mass is 19.2. The van der Waals surface area contributed by atoms with E-state index in [-0.39, 0.29) is 43.1 Å². The standard InChI is InChI=1S/C28H32F5N3O/c1-16-9-19-24-20(30)5-4-6-23(24)34-26(19)27(36(16)15-28(2,3)33)25-21(31)10-18(11-22(25)32)37-8-7-35-13-17(12-29)14-35/h4-6,10-11,16-17,27,34H,7-9,12-15H2,1-3H3/t16-,27-/m0/s1. The quantitative estimate of drug-likeness (QED) is 0.372. The second kappa shape index (κ2) is 9.91. The molecule has 0 spiro atoms. The second-order valence-corrected chi connectivity index (χ2v) is 11.0. The van der Waals surface area contributed by atoms with E-state index in [1.54, 1.807) is 17.0 Å². The number of hydrogen-bond donors (Lipinski definition) is 1. The number of likely N-dealkylation sites (tertiary alicyclic amines) is 1. The number of nitrogens with one attached hydrogen (secondary N) is 1. The maximum Gasteiger partial charge on any atom is 0.135 e. The lowest BCUT2D eigenvalue weighted by Gasteiger charge is -2.43. The predicted molar refractivity (Wildman–Crippen MR) is 133 cm³/mol. The minimum absolute atomic E-state index is 0.0467. The lowest BCUT2D eigenvalue weighted by molar-refractivity contribution is 0.0637. The number of rotatable bonds is 8. The Bertz CT molecular complexity index is 1260. The van der Waals surface area contributed by atoms with E-state index in [0.29, 0.717) is 48.2 Å². The van der Waals surface area contributed by atoms with Gasteiger partial charge in [0, 0.05) is 72.4 Å². The Hall–Kier alpha value is -2.65. The van der Waals surface area contributed by atoms with Gasteiger partial charge in [-0.15, -0.1) is 0 Å². The highest BCUT2D eigenvalue weighted by Crippen LogP contribution is 2.44. The van der Waals surface area contributed by atoms with Crippen LogP contribution in [0.25, 0.3) is 10.9 Å². The maximum absolute atomic E-state index is 15.6. The van der Waals surface area contributed by atoms with Crippen LogP contribution in [0, 0.1) is 23.4 Å². The van der Waals surface area contributed by atoms with E-state index in [9.17, 15) is 13.2 Å². The topological polar surface area (TPSA) is 31.5 Å². The van der Waals surface area contributed by atoms with Gasteiger partial charge >= 0.3 is 0 Å². The van der Waals surface area contributed by atoms with Crippen molar-refractivity contribution in [2.75, 3.05) is 39.5 Å². The zero-order chi connectivity index (χ0) is 26.5. The monoisotopic (exact) mass is 521 g/mol. The minimum atomic E-state index is -1.63. The Balaban J connectivity index is 1.49. The summed E-state index contributed by atoms with van der Waals surface area (Å²) < 4.78 is 79.2. The van der Waals surface area contributed by atoms with Crippen LogP contribution in [0.4, 0.5) is 22.0 Å². The molecule has 1 aromatic heterocycles. The third-order valence-electron chi connectivity index (χ3n) is 7.39. The van der Waals surface area contributed by atoms with Gasteiger partial charge < -0.3 is 9.72 Å². The third kappa shape index (κ3) is 5.08. The van der Waals surface area contributed by atoms with E-state index in [0.717, 1.165) is 12.1 Å². The second-order valence-electron chi connectivity index (χ2n) is 11.0. The molecule has 0 saturated carbocycles. The van der Waals surface area contributed by atoms with Crippen LogP contribution in [0.5, 0.6) is 5.75 Å². The SMILES string of the molecule is C[C@H]1Cc2c([nH]c3cccc(F)c23)[C@H](c2c(F)cc(OCCN3CC(CF)C3)cc2F)N1CC(C)(C)F.